The van der Waals surface area contributed by atoms with Gasteiger partial charge in [0, 0.05) is 22.2 Å². The van der Waals surface area contributed by atoms with Crippen LogP contribution < -0.4 is 9.47 Å². The monoisotopic (exact) mass is 443 g/mol. The predicted molar refractivity (Wildman–Crippen MR) is 122 cm³/mol. The third-order valence-corrected chi connectivity index (χ3v) is 5.36. The van der Waals surface area contributed by atoms with Crippen molar-refractivity contribution in [3.63, 3.8) is 0 Å². The molecule has 3 aromatic rings. The summed E-state index contributed by atoms with van der Waals surface area (Å²) in [5.74, 6) is 0.894. The second-order valence-electron chi connectivity index (χ2n) is 6.16. The molecule has 0 saturated heterocycles. The van der Waals surface area contributed by atoms with Gasteiger partial charge in [-0.25, -0.2) is 9.79 Å². The van der Waals surface area contributed by atoms with E-state index in [1.54, 1.807) is 32.4 Å². The standard InChI is InChI=1S/C23H22ClNO4S/c1-4-28-19-11-6-15(12-20(19)27-3)13-25-22-21(23(26)29-5-2)18(14-30-22)16-7-9-17(24)10-8-16/h6-14H,4-5H2,1-3H3. The summed E-state index contributed by atoms with van der Waals surface area (Å²) >= 11 is 7.38. The second-order valence-corrected chi connectivity index (χ2v) is 7.45. The predicted octanol–water partition coefficient (Wildman–Crippen LogP) is 6.40. The number of nitrogens with zero attached hydrogens (tertiary/aromatic N) is 1. The van der Waals surface area contributed by atoms with Crippen LogP contribution in [0, 0.1) is 0 Å². The topological polar surface area (TPSA) is 57.1 Å². The van der Waals surface area contributed by atoms with Gasteiger partial charge in [-0.15, -0.1) is 11.3 Å². The number of aliphatic imine (C=N–C) groups is 1. The molecule has 0 fully saturated rings. The molecule has 0 aliphatic carbocycles. The van der Waals surface area contributed by atoms with Gasteiger partial charge in [-0.1, -0.05) is 23.7 Å². The summed E-state index contributed by atoms with van der Waals surface area (Å²) in [5.41, 5.74) is 2.92. The van der Waals surface area contributed by atoms with Crippen molar-refractivity contribution in [3.8, 4) is 22.6 Å². The molecule has 0 amide bonds. The number of ether oxygens (including phenoxy) is 3. The molecule has 1 aromatic heterocycles. The Morgan fingerprint density at radius 3 is 2.53 bits per heavy atom. The molecule has 30 heavy (non-hydrogen) atoms. The van der Waals surface area contributed by atoms with E-state index in [2.05, 4.69) is 4.99 Å². The maximum atomic E-state index is 12.7. The Hall–Kier alpha value is -2.83. The van der Waals surface area contributed by atoms with Gasteiger partial charge in [0.25, 0.3) is 0 Å². The van der Waals surface area contributed by atoms with Crippen LogP contribution in [0.15, 0.2) is 52.8 Å². The van der Waals surface area contributed by atoms with Crippen molar-refractivity contribution < 1.29 is 19.0 Å². The molecular formula is C23H22ClNO4S. The molecule has 0 N–H and O–H groups in total. The fourth-order valence-corrected chi connectivity index (χ4v) is 3.89. The minimum absolute atomic E-state index is 0.286. The molecule has 0 radical (unpaired) electrons. The van der Waals surface area contributed by atoms with Crippen LogP contribution in [0.2, 0.25) is 5.02 Å². The van der Waals surface area contributed by atoms with Crippen LogP contribution in [0.1, 0.15) is 29.8 Å². The number of carbonyl (C=O) groups is 1. The van der Waals surface area contributed by atoms with Crippen LogP contribution >= 0.6 is 22.9 Å². The number of carbonyl (C=O) groups excluding carboxylic acids is 1. The van der Waals surface area contributed by atoms with Crippen molar-refractivity contribution in [2.75, 3.05) is 20.3 Å². The average Bonchev–Trinajstić information content (AvgIpc) is 3.18. The fourth-order valence-electron chi connectivity index (χ4n) is 2.86. The molecule has 0 atom stereocenters. The highest BCUT2D eigenvalue weighted by molar-refractivity contribution is 7.14. The molecular weight excluding hydrogens is 422 g/mol. The zero-order valence-electron chi connectivity index (χ0n) is 17.0. The lowest BCUT2D eigenvalue weighted by molar-refractivity contribution is 0.0529. The minimum Gasteiger partial charge on any atom is -0.493 e. The number of hydrogen-bond acceptors (Lipinski definition) is 6. The first-order valence-electron chi connectivity index (χ1n) is 9.46. The van der Waals surface area contributed by atoms with E-state index in [0.717, 1.165) is 16.7 Å². The number of benzene rings is 2. The van der Waals surface area contributed by atoms with E-state index >= 15 is 0 Å². The van der Waals surface area contributed by atoms with Crippen LogP contribution in [-0.2, 0) is 4.74 Å². The van der Waals surface area contributed by atoms with Crippen molar-refractivity contribution in [3.05, 3.63) is 64.0 Å². The smallest absolute Gasteiger partial charge is 0.341 e. The lowest BCUT2D eigenvalue weighted by Crippen LogP contribution is -2.05. The summed E-state index contributed by atoms with van der Waals surface area (Å²) in [6.07, 6.45) is 1.69. The van der Waals surface area contributed by atoms with Gasteiger partial charge in [0.2, 0.25) is 0 Å². The van der Waals surface area contributed by atoms with Crippen LogP contribution in [0.25, 0.3) is 11.1 Å². The Labute approximate surface area is 184 Å². The van der Waals surface area contributed by atoms with Gasteiger partial charge in [0.15, 0.2) is 11.5 Å². The largest absolute Gasteiger partial charge is 0.493 e. The molecule has 5 nitrogen and oxygen atoms in total. The number of hydrogen-bond donors (Lipinski definition) is 0. The summed E-state index contributed by atoms with van der Waals surface area (Å²) < 4.78 is 16.2. The normalized spacial score (nSPS) is 10.9. The first-order valence-corrected chi connectivity index (χ1v) is 10.7. The maximum Gasteiger partial charge on any atom is 0.341 e. The number of esters is 1. The molecule has 156 valence electrons. The van der Waals surface area contributed by atoms with Gasteiger partial charge in [-0.2, -0.15) is 0 Å². The second kappa shape index (κ2) is 10.3. The molecule has 0 aliphatic rings. The fraction of sp³-hybridized carbons (Fsp3) is 0.217. The minimum atomic E-state index is -0.403. The Kier molecular flexibility index (Phi) is 7.49. The molecule has 7 heteroatoms. The summed E-state index contributed by atoms with van der Waals surface area (Å²) in [7, 11) is 1.59. The third kappa shape index (κ3) is 5.01. The number of halogens is 1. The van der Waals surface area contributed by atoms with Crippen LogP contribution in [0.4, 0.5) is 5.00 Å². The molecule has 2 aromatic carbocycles. The number of thiophene rings is 1. The molecule has 0 aliphatic heterocycles. The molecule has 0 bridgehead atoms. The summed E-state index contributed by atoms with van der Waals surface area (Å²) in [5, 5.41) is 3.11. The van der Waals surface area contributed by atoms with Crippen molar-refractivity contribution in [2.45, 2.75) is 13.8 Å². The molecule has 0 saturated carbocycles. The van der Waals surface area contributed by atoms with E-state index in [9.17, 15) is 4.79 Å². The van der Waals surface area contributed by atoms with Gasteiger partial charge < -0.3 is 14.2 Å². The molecule has 3 rings (SSSR count). The zero-order valence-corrected chi connectivity index (χ0v) is 18.5. The highest BCUT2D eigenvalue weighted by atomic mass is 35.5. The maximum absolute atomic E-state index is 12.7. The Balaban J connectivity index is 1.97. The Bertz CT molecular complexity index is 1040. The summed E-state index contributed by atoms with van der Waals surface area (Å²) in [4.78, 5) is 17.2. The van der Waals surface area contributed by atoms with Crippen LogP contribution in [0.5, 0.6) is 11.5 Å². The van der Waals surface area contributed by atoms with E-state index in [0.29, 0.717) is 33.7 Å². The Morgan fingerprint density at radius 1 is 1.10 bits per heavy atom. The summed E-state index contributed by atoms with van der Waals surface area (Å²) in [6.45, 7) is 4.53. The van der Waals surface area contributed by atoms with Gasteiger partial charge in [0.1, 0.15) is 10.6 Å². The van der Waals surface area contributed by atoms with E-state index < -0.39 is 5.97 Å². The average molecular weight is 444 g/mol. The quantitative estimate of drug-likeness (QED) is 0.298. The Morgan fingerprint density at radius 2 is 1.87 bits per heavy atom. The van der Waals surface area contributed by atoms with Crippen LogP contribution in [-0.4, -0.2) is 32.5 Å². The summed E-state index contributed by atoms with van der Waals surface area (Å²) in [6, 6.07) is 12.9. The highest BCUT2D eigenvalue weighted by Crippen LogP contribution is 2.38. The molecule has 0 spiro atoms. The van der Waals surface area contributed by atoms with E-state index in [1.165, 1.54) is 11.3 Å². The van der Waals surface area contributed by atoms with E-state index in [-0.39, 0.29) is 6.61 Å². The zero-order chi connectivity index (χ0) is 21.5. The lowest BCUT2D eigenvalue weighted by Gasteiger charge is -2.09. The molecule has 1 heterocycles. The SMILES string of the molecule is CCOC(=O)c1c(-c2ccc(Cl)cc2)csc1N=Cc1ccc(OCC)c(OC)c1. The van der Waals surface area contributed by atoms with E-state index in [1.807, 2.05) is 42.6 Å². The molecule has 0 unspecified atom stereocenters. The van der Waals surface area contributed by atoms with Crippen molar-refractivity contribution in [1.29, 1.82) is 0 Å². The van der Waals surface area contributed by atoms with Gasteiger partial charge >= 0.3 is 5.97 Å². The van der Waals surface area contributed by atoms with E-state index in [4.69, 9.17) is 25.8 Å². The van der Waals surface area contributed by atoms with Crippen molar-refractivity contribution in [2.24, 2.45) is 4.99 Å². The third-order valence-electron chi connectivity index (χ3n) is 4.22. The van der Waals surface area contributed by atoms with Gasteiger partial charge in [-0.05, 0) is 55.3 Å². The highest BCUT2D eigenvalue weighted by Gasteiger charge is 2.21. The first kappa shape index (κ1) is 21.9. The van der Waals surface area contributed by atoms with Crippen molar-refractivity contribution in [1.82, 2.24) is 0 Å². The van der Waals surface area contributed by atoms with Crippen molar-refractivity contribution >= 4 is 40.1 Å². The van der Waals surface area contributed by atoms with Gasteiger partial charge in [0.05, 0.1) is 20.3 Å². The number of rotatable bonds is 8. The van der Waals surface area contributed by atoms with Crippen LogP contribution in [0.3, 0.4) is 0 Å². The number of methoxy groups -OCH3 is 1. The van der Waals surface area contributed by atoms with Gasteiger partial charge in [-0.3, -0.25) is 0 Å². The lowest BCUT2D eigenvalue weighted by atomic mass is 10.0. The first-order chi connectivity index (χ1) is 14.6.